The molecule has 2 atom stereocenters. The monoisotopic (exact) mass is 312 g/mol. The van der Waals surface area contributed by atoms with Gasteiger partial charge in [0.2, 0.25) is 0 Å². The third-order valence-corrected chi connectivity index (χ3v) is 4.99. The molecule has 0 aliphatic carbocycles. The molecule has 5 heteroatoms. The summed E-state index contributed by atoms with van der Waals surface area (Å²) >= 11 is 1.85. The lowest BCUT2D eigenvalue weighted by Gasteiger charge is -2.29. The van der Waals surface area contributed by atoms with Crippen LogP contribution in [0.4, 0.5) is 5.13 Å². The number of hydrogen-bond acceptors (Lipinski definition) is 5. The van der Waals surface area contributed by atoms with Crippen LogP contribution >= 0.6 is 11.3 Å². The van der Waals surface area contributed by atoms with E-state index in [0.29, 0.717) is 12.0 Å². The molecule has 1 aromatic heterocycles. The van der Waals surface area contributed by atoms with Gasteiger partial charge in [-0.25, -0.2) is 4.98 Å². The molecule has 0 amide bonds. The van der Waals surface area contributed by atoms with E-state index in [0.717, 1.165) is 26.1 Å². The molecule has 0 saturated heterocycles. The standard InChI is InChI=1S/C16H32N4S/c1-8-12(3)15-14(10-17-5)21-16(18-15)20(9-2)13(4)11-19(6)7/h12-13,17H,8-11H2,1-7H3. The van der Waals surface area contributed by atoms with E-state index >= 15 is 0 Å². The Morgan fingerprint density at radius 2 is 1.90 bits per heavy atom. The molecular weight excluding hydrogens is 280 g/mol. The van der Waals surface area contributed by atoms with Crippen LogP contribution in [-0.4, -0.2) is 50.2 Å². The Balaban J connectivity index is 3.04. The minimum atomic E-state index is 0.475. The van der Waals surface area contributed by atoms with E-state index in [1.807, 2.05) is 18.4 Å². The number of thiazole rings is 1. The van der Waals surface area contributed by atoms with Crippen LogP contribution in [0.25, 0.3) is 0 Å². The first-order valence-corrected chi connectivity index (χ1v) is 8.81. The van der Waals surface area contributed by atoms with Crippen LogP contribution in [0, 0.1) is 0 Å². The Labute approximate surface area is 134 Å². The maximum absolute atomic E-state index is 4.99. The smallest absolute Gasteiger partial charge is 0.186 e. The van der Waals surface area contributed by atoms with E-state index in [1.54, 1.807) is 0 Å². The van der Waals surface area contributed by atoms with Crippen molar-refractivity contribution in [2.24, 2.45) is 0 Å². The second kappa shape index (κ2) is 8.71. The third kappa shape index (κ3) is 4.94. The Kier molecular flexibility index (Phi) is 7.63. The molecule has 1 N–H and O–H groups in total. The number of anilines is 1. The molecule has 0 spiro atoms. The van der Waals surface area contributed by atoms with Crippen molar-refractivity contribution in [2.75, 3.05) is 39.1 Å². The van der Waals surface area contributed by atoms with E-state index < -0.39 is 0 Å². The van der Waals surface area contributed by atoms with Gasteiger partial charge in [-0.2, -0.15) is 0 Å². The van der Waals surface area contributed by atoms with Crippen molar-refractivity contribution in [1.82, 2.24) is 15.2 Å². The average Bonchev–Trinajstić information content (AvgIpc) is 2.82. The van der Waals surface area contributed by atoms with Gasteiger partial charge in [0.1, 0.15) is 0 Å². The summed E-state index contributed by atoms with van der Waals surface area (Å²) in [6.45, 7) is 12.0. The van der Waals surface area contributed by atoms with Crippen LogP contribution in [0.2, 0.25) is 0 Å². The highest BCUT2D eigenvalue weighted by Crippen LogP contribution is 2.33. The van der Waals surface area contributed by atoms with Crippen LogP contribution in [-0.2, 0) is 6.54 Å². The Morgan fingerprint density at radius 1 is 1.24 bits per heavy atom. The third-order valence-electron chi connectivity index (χ3n) is 3.88. The highest BCUT2D eigenvalue weighted by atomic mass is 32.1. The molecular formula is C16H32N4S. The van der Waals surface area contributed by atoms with Gasteiger partial charge < -0.3 is 15.1 Å². The summed E-state index contributed by atoms with van der Waals surface area (Å²) in [4.78, 5) is 11.0. The lowest BCUT2D eigenvalue weighted by Crippen LogP contribution is -2.40. The van der Waals surface area contributed by atoms with E-state index in [1.165, 1.54) is 15.7 Å². The molecule has 2 unspecified atom stereocenters. The minimum Gasteiger partial charge on any atom is -0.344 e. The number of rotatable bonds is 9. The molecule has 0 aromatic carbocycles. The minimum absolute atomic E-state index is 0.475. The summed E-state index contributed by atoms with van der Waals surface area (Å²) in [5, 5.41) is 4.45. The molecule has 1 aromatic rings. The second-order valence-corrected chi connectivity index (χ2v) is 7.10. The van der Waals surface area contributed by atoms with Gasteiger partial charge in [-0.3, -0.25) is 0 Å². The van der Waals surface area contributed by atoms with Crippen molar-refractivity contribution < 1.29 is 0 Å². The van der Waals surface area contributed by atoms with Crippen molar-refractivity contribution in [3.63, 3.8) is 0 Å². The van der Waals surface area contributed by atoms with E-state index in [2.05, 4.69) is 56.9 Å². The Hall–Kier alpha value is -0.650. The van der Waals surface area contributed by atoms with Crippen molar-refractivity contribution in [2.45, 2.75) is 52.6 Å². The fraction of sp³-hybridized carbons (Fsp3) is 0.812. The number of nitrogens with one attached hydrogen (secondary N) is 1. The molecule has 0 saturated carbocycles. The molecule has 0 radical (unpaired) electrons. The maximum Gasteiger partial charge on any atom is 0.186 e. The molecule has 21 heavy (non-hydrogen) atoms. The highest BCUT2D eigenvalue weighted by Gasteiger charge is 2.21. The van der Waals surface area contributed by atoms with Crippen LogP contribution in [0.15, 0.2) is 0 Å². The maximum atomic E-state index is 4.99. The lowest BCUT2D eigenvalue weighted by atomic mass is 10.0. The normalized spacial score (nSPS) is 14.5. The predicted molar refractivity (Wildman–Crippen MR) is 94.6 cm³/mol. The average molecular weight is 313 g/mol. The van der Waals surface area contributed by atoms with Gasteiger partial charge in [0.25, 0.3) is 0 Å². The number of aromatic nitrogens is 1. The quantitative estimate of drug-likeness (QED) is 0.759. The van der Waals surface area contributed by atoms with E-state index in [4.69, 9.17) is 4.98 Å². The number of nitrogens with zero attached hydrogens (tertiary/aromatic N) is 3. The van der Waals surface area contributed by atoms with Gasteiger partial charge in [-0.15, -0.1) is 11.3 Å². The van der Waals surface area contributed by atoms with Crippen LogP contribution < -0.4 is 10.2 Å². The van der Waals surface area contributed by atoms with Crippen LogP contribution in [0.1, 0.15) is 50.6 Å². The van der Waals surface area contributed by atoms with Crippen molar-refractivity contribution in [3.05, 3.63) is 10.6 Å². The lowest BCUT2D eigenvalue weighted by molar-refractivity contribution is 0.373. The largest absolute Gasteiger partial charge is 0.344 e. The molecule has 0 fully saturated rings. The second-order valence-electron chi connectivity index (χ2n) is 6.04. The van der Waals surface area contributed by atoms with Gasteiger partial charge in [0.15, 0.2) is 5.13 Å². The molecule has 1 rings (SSSR count). The molecule has 4 nitrogen and oxygen atoms in total. The Morgan fingerprint density at radius 3 is 2.38 bits per heavy atom. The van der Waals surface area contributed by atoms with Crippen molar-refractivity contribution in [3.8, 4) is 0 Å². The summed E-state index contributed by atoms with van der Waals surface area (Å²) in [7, 11) is 6.26. The highest BCUT2D eigenvalue weighted by molar-refractivity contribution is 7.15. The van der Waals surface area contributed by atoms with Crippen molar-refractivity contribution >= 4 is 16.5 Å². The number of hydrogen-bond donors (Lipinski definition) is 1. The van der Waals surface area contributed by atoms with Crippen LogP contribution in [0.3, 0.4) is 0 Å². The molecule has 0 aliphatic heterocycles. The molecule has 122 valence electrons. The zero-order valence-corrected chi connectivity index (χ0v) is 15.5. The van der Waals surface area contributed by atoms with E-state index in [-0.39, 0.29) is 0 Å². The van der Waals surface area contributed by atoms with Crippen molar-refractivity contribution in [1.29, 1.82) is 0 Å². The summed E-state index contributed by atoms with van der Waals surface area (Å²) in [5.41, 5.74) is 1.28. The van der Waals surface area contributed by atoms with E-state index in [9.17, 15) is 0 Å². The predicted octanol–water partition coefficient (Wildman–Crippen LogP) is 3.15. The first-order valence-electron chi connectivity index (χ1n) is 8.00. The van der Waals surface area contributed by atoms with Gasteiger partial charge >= 0.3 is 0 Å². The fourth-order valence-electron chi connectivity index (χ4n) is 2.60. The summed E-state index contributed by atoms with van der Waals surface area (Å²) in [6, 6.07) is 0.475. The van der Waals surface area contributed by atoms with Crippen LogP contribution in [0.5, 0.6) is 0 Å². The summed E-state index contributed by atoms with van der Waals surface area (Å²) < 4.78 is 0. The number of likely N-dealkylation sites (N-methyl/N-ethyl adjacent to an activating group) is 2. The summed E-state index contributed by atoms with van der Waals surface area (Å²) in [5.74, 6) is 0.529. The molecule has 1 heterocycles. The zero-order valence-electron chi connectivity index (χ0n) is 14.7. The van der Waals surface area contributed by atoms with Gasteiger partial charge in [0, 0.05) is 30.6 Å². The van der Waals surface area contributed by atoms with Gasteiger partial charge in [-0.1, -0.05) is 13.8 Å². The first kappa shape index (κ1) is 18.4. The molecule has 0 bridgehead atoms. The van der Waals surface area contributed by atoms with Gasteiger partial charge in [0.05, 0.1) is 5.69 Å². The molecule has 0 aliphatic rings. The SMILES string of the molecule is CCC(C)c1nc(N(CC)C(C)CN(C)C)sc1CNC. The zero-order chi connectivity index (χ0) is 16.0. The summed E-state index contributed by atoms with van der Waals surface area (Å²) in [6.07, 6.45) is 1.14. The Bertz CT molecular complexity index is 416. The first-order chi connectivity index (χ1) is 9.94. The topological polar surface area (TPSA) is 31.4 Å². The van der Waals surface area contributed by atoms with Gasteiger partial charge in [-0.05, 0) is 47.3 Å². The fourth-order valence-corrected chi connectivity index (χ4v) is 3.96.